The molecule has 50 heavy (non-hydrogen) atoms. The maximum absolute atomic E-state index is 15.0. The maximum atomic E-state index is 15.0. The fraction of sp³-hybridized carbons (Fsp3) is 0. The molecule has 4 aromatic heterocycles. The van der Waals surface area contributed by atoms with Gasteiger partial charge in [-0.25, -0.2) is 19.9 Å². The fourth-order valence-electron chi connectivity index (χ4n) is 5.86. The average Bonchev–Trinajstić information content (AvgIpc) is 3.22. The van der Waals surface area contributed by atoms with Crippen molar-refractivity contribution < 1.29 is 4.57 Å². The predicted octanol–water partition coefficient (Wildman–Crippen LogP) is 8.03. The molecule has 4 aromatic carbocycles. The van der Waals surface area contributed by atoms with Gasteiger partial charge >= 0.3 is 0 Å². The third-order valence-corrected chi connectivity index (χ3v) is 11.4. The van der Waals surface area contributed by atoms with E-state index >= 15 is 0 Å². The lowest BCUT2D eigenvalue weighted by Crippen LogP contribution is -2.24. The summed E-state index contributed by atoms with van der Waals surface area (Å²) in [5.74, 6) is 1.39. The first kappa shape index (κ1) is 30.9. The minimum atomic E-state index is -3.15. The molecule has 0 bridgehead atoms. The number of hydrogen-bond donors (Lipinski definition) is 0. The number of benzene rings is 4. The zero-order chi connectivity index (χ0) is 33.8. The minimum Gasteiger partial charge on any atom is -0.309 e. The van der Waals surface area contributed by atoms with Crippen LogP contribution < -0.4 is 15.9 Å². The molecule has 0 saturated carbocycles. The van der Waals surface area contributed by atoms with Gasteiger partial charge in [0.2, 0.25) is 0 Å². The highest BCUT2D eigenvalue weighted by molar-refractivity contribution is 7.85. The van der Waals surface area contributed by atoms with E-state index in [0.29, 0.717) is 28.9 Å². The molecule has 0 amide bonds. The standard InChI is InChI=1S/C42H29N6OP/c49-50(33-15-3-1-4-16-33,34-17-5-2-6-18-34)35-25-23-30(24-26-35)40-46-41(32-14-11-13-31(29-32)36-19-7-9-27-43-36)48-42(47-40)39-22-12-21-38(45-39)37-20-8-10-28-44-37/h1-29H. The van der Waals surface area contributed by atoms with Gasteiger partial charge in [-0.15, -0.1) is 0 Å². The topological polar surface area (TPSA) is 94.4 Å². The van der Waals surface area contributed by atoms with E-state index in [9.17, 15) is 4.57 Å². The molecule has 8 rings (SSSR count). The molecule has 0 unspecified atom stereocenters. The van der Waals surface area contributed by atoms with Gasteiger partial charge in [-0.3, -0.25) is 9.97 Å². The smallest absolute Gasteiger partial charge is 0.182 e. The Hall–Kier alpha value is -6.43. The van der Waals surface area contributed by atoms with Crippen molar-refractivity contribution in [3.63, 3.8) is 0 Å². The van der Waals surface area contributed by atoms with Crippen LogP contribution in [0.3, 0.4) is 0 Å². The van der Waals surface area contributed by atoms with Crippen molar-refractivity contribution in [1.29, 1.82) is 0 Å². The van der Waals surface area contributed by atoms with E-state index in [1.807, 2.05) is 164 Å². The molecule has 0 spiro atoms. The Balaban J connectivity index is 1.25. The monoisotopic (exact) mass is 664 g/mol. The number of rotatable bonds is 8. The first-order valence-corrected chi connectivity index (χ1v) is 17.8. The van der Waals surface area contributed by atoms with Crippen LogP contribution in [0, 0.1) is 0 Å². The first-order chi connectivity index (χ1) is 24.6. The third kappa shape index (κ3) is 6.14. The van der Waals surface area contributed by atoms with E-state index in [-0.39, 0.29) is 0 Å². The van der Waals surface area contributed by atoms with Crippen LogP contribution >= 0.6 is 7.14 Å². The molecule has 0 atom stereocenters. The van der Waals surface area contributed by atoms with Crippen LogP contribution in [0.2, 0.25) is 0 Å². The van der Waals surface area contributed by atoms with Crippen molar-refractivity contribution >= 4 is 23.1 Å². The molecule has 0 aliphatic rings. The average molecular weight is 665 g/mol. The Morgan fingerprint density at radius 2 is 0.840 bits per heavy atom. The molecule has 8 heteroatoms. The van der Waals surface area contributed by atoms with Crippen LogP contribution in [0.5, 0.6) is 0 Å². The van der Waals surface area contributed by atoms with Crippen LogP contribution in [0.15, 0.2) is 176 Å². The van der Waals surface area contributed by atoms with Crippen molar-refractivity contribution in [3.8, 4) is 56.9 Å². The molecule has 0 fully saturated rings. The molecule has 0 saturated heterocycles. The number of nitrogens with zero attached hydrogens (tertiary/aromatic N) is 6. The van der Waals surface area contributed by atoms with E-state index in [1.54, 1.807) is 12.4 Å². The summed E-state index contributed by atoms with van der Waals surface area (Å²) in [5.41, 5.74) is 5.43. The van der Waals surface area contributed by atoms with Gasteiger partial charge in [0, 0.05) is 45.0 Å². The van der Waals surface area contributed by atoms with Crippen LogP contribution in [-0.2, 0) is 4.57 Å². The molecule has 0 radical (unpaired) electrons. The third-order valence-electron chi connectivity index (χ3n) is 8.35. The first-order valence-electron chi connectivity index (χ1n) is 16.1. The van der Waals surface area contributed by atoms with E-state index in [2.05, 4.69) is 9.97 Å². The molecule has 238 valence electrons. The Bertz CT molecular complexity index is 2300. The summed E-state index contributed by atoms with van der Waals surface area (Å²) in [6, 6.07) is 52.3. The number of pyridine rings is 3. The fourth-order valence-corrected chi connectivity index (χ4v) is 8.51. The van der Waals surface area contributed by atoms with Crippen LogP contribution in [0.25, 0.3) is 56.9 Å². The van der Waals surface area contributed by atoms with E-state index in [1.165, 1.54) is 0 Å². The number of aromatic nitrogens is 6. The molecule has 0 aliphatic heterocycles. The number of hydrogen-bond acceptors (Lipinski definition) is 7. The van der Waals surface area contributed by atoms with Gasteiger partial charge in [0.05, 0.1) is 17.1 Å². The maximum Gasteiger partial charge on any atom is 0.182 e. The van der Waals surface area contributed by atoms with E-state index in [4.69, 9.17) is 19.9 Å². The Kier molecular flexibility index (Phi) is 8.39. The molecule has 7 nitrogen and oxygen atoms in total. The van der Waals surface area contributed by atoms with Crippen molar-refractivity contribution in [3.05, 3.63) is 176 Å². The van der Waals surface area contributed by atoms with Crippen molar-refractivity contribution in [1.82, 2.24) is 29.9 Å². The lowest BCUT2D eigenvalue weighted by Gasteiger charge is -2.20. The van der Waals surface area contributed by atoms with Gasteiger partial charge < -0.3 is 4.57 Å². The van der Waals surface area contributed by atoms with Crippen molar-refractivity contribution in [2.24, 2.45) is 0 Å². The van der Waals surface area contributed by atoms with Gasteiger partial charge in [-0.2, -0.15) is 0 Å². The van der Waals surface area contributed by atoms with Gasteiger partial charge in [-0.05, 0) is 42.5 Å². The van der Waals surface area contributed by atoms with Crippen LogP contribution in [0.1, 0.15) is 0 Å². The summed E-state index contributed by atoms with van der Waals surface area (Å²) in [4.78, 5) is 28.8. The summed E-state index contributed by atoms with van der Waals surface area (Å²) in [6.45, 7) is 0. The van der Waals surface area contributed by atoms with Crippen molar-refractivity contribution in [2.45, 2.75) is 0 Å². The molecular weight excluding hydrogens is 635 g/mol. The van der Waals surface area contributed by atoms with Gasteiger partial charge in [0.25, 0.3) is 0 Å². The lowest BCUT2D eigenvalue weighted by atomic mass is 10.1. The summed E-state index contributed by atoms with van der Waals surface area (Å²) < 4.78 is 15.0. The summed E-state index contributed by atoms with van der Waals surface area (Å²) in [7, 11) is -3.15. The second kappa shape index (κ2) is 13.6. The highest BCUT2D eigenvalue weighted by atomic mass is 31.2. The van der Waals surface area contributed by atoms with E-state index in [0.717, 1.165) is 44.0 Å². The second-order valence-electron chi connectivity index (χ2n) is 11.6. The molecule has 8 aromatic rings. The zero-order valence-corrected chi connectivity index (χ0v) is 27.7. The highest BCUT2D eigenvalue weighted by Gasteiger charge is 2.29. The van der Waals surface area contributed by atoms with Gasteiger partial charge in [0.1, 0.15) is 5.69 Å². The minimum absolute atomic E-state index is 0.425. The molecule has 0 N–H and O–H groups in total. The molecule has 4 heterocycles. The summed E-state index contributed by atoms with van der Waals surface area (Å²) >= 11 is 0. The van der Waals surface area contributed by atoms with Gasteiger partial charge in [0.15, 0.2) is 24.6 Å². The Morgan fingerprint density at radius 1 is 0.340 bits per heavy atom. The van der Waals surface area contributed by atoms with E-state index < -0.39 is 7.14 Å². The Labute approximate surface area is 289 Å². The highest BCUT2D eigenvalue weighted by Crippen LogP contribution is 2.42. The normalized spacial score (nSPS) is 11.3. The van der Waals surface area contributed by atoms with Crippen LogP contribution in [-0.4, -0.2) is 29.9 Å². The lowest BCUT2D eigenvalue weighted by molar-refractivity contribution is 0.592. The van der Waals surface area contributed by atoms with Crippen LogP contribution in [0.4, 0.5) is 0 Å². The Morgan fingerprint density at radius 3 is 1.48 bits per heavy atom. The molecular formula is C42H29N6OP. The van der Waals surface area contributed by atoms with Crippen molar-refractivity contribution in [2.75, 3.05) is 0 Å². The SMILES string of the molecule is O=P(c1ccccc1)(c1ccccc1)c1ccc(-c2nc(-c3cccc(-c4ccccn4)c3)nc(-c3cccc(-c4ccccn4)n3)n2)cc1. The second-order valence-corrected chi connectivity index (χ2v) is 14.3. The quantitative estimate of drug-likeness (QED) is 0.152. The predicted molar refractivity (Wildman–Crippen MR) is 200 cm³/mol. The largest absolute Gasteiger partial charge is 0.309 e. The summed E-state index contributed by atoms with van der Waals surface area (Å²) in [6.07, 6.45) is 3.52. The summed E-state index contributed by atoms with van der Waals surface area (Å²) in [5, 5.41) is 2.27. The zero-order valence-electron chi connectivity index (χ0n) is 26.8. The molecule has 0 aliphatic carbocycles. The van der Waals surface area contributed by atoms with Gasteiger partial charge in [-0.1, -0.05) is 121 Å².